The van der Waals surface area contributed by atoms with Crippen LogP contribution in [0, 0.1) is 11.3 Å². The number of aromatic nitrogens is 1. The topological polar surface area (TPSA) is 62.7 Å². The molecule has 1 aromatic heterocycles. The van der Waals surface area contributed by atoms with Crippen LogP contribution in [0.2, 0.25) is 0 Å². The van der Waals surface area contributed by atoms with Crippen molar-refractivity contribution in [1.29, 1.82) is 5.26 Å². The summed E-state index contributed by atoms with van der Waals surface area (Å²) < 4.78 is 0. The van der Waals surface area contributed by atoms with E-state index in [-0.39, 0.29) is 0 Å². The van der Waals surface area contributed by atoms with Gasteiger partial charge in [0.25, 0.3) is 0 Å². The highest BCUT2D eigenvalue weighted by Crippen LogP contribution is 1.73. The summed E-state index contributed by atoms with van der Waals surface area (Å²) in [5.41, 5.74) is 4.74. The summed E-state index contributed by atoms with van der Waals surface area (Å²) in [5, 5.41) is 7.65. The van der Waals surface area contributed by atoms with Crippen LogP contribution in [0.5, 0.6) is 0 Å². The number of hydrogen-bond acceptors (Lipinski definition) is 3. The van der Waals surface area contributed by atoms with Crippen LogP contribution in [0.3, 0.4) is 0 Å². The Balaban J connectivity index is 0.000000187. The van der Waals surface area contributed by atoms with Gasteiger partial charge in [-0.25, -0.2) is 0 Å². The third-order valence-corrected chi connectivity index (χ3v) is 0.737. The number of nitriles is 1. The number of pyridine rings is 1. The Hall–Kier alpha value is -1.82. The molecule has 0 unspecified atom stereocenters. The molecule has 0 radical (unpaired) electrons. The molecule has 0 aliphatic rings. The van der Waals surface area contributed by atoms with Crippen molar-refractivity contribution < 1.29 is 0 Å². The molecule has 0 saturated carbocycles. The average molecular weight is 147 g/mol. The fourth-order valence-electron chi connectivity index (χ4n) is 0.356. The second-order valence-electron chi connectivity index (χ2n) is 1.51. The van der Waals surface area contributed by atoms with E-state index < -0.39 is 0 Å². The molecule has 11 heavy (non-hydrogen) atoms. The quantitative estimate of drug-likeness (QED) is 0.558. The largest absolute Gasteiger partial charge is 0.404 e. The summed E-state index contributed by atoms with van der Waals surface area (Å²) >= 11 is 0. The number of rotatable bonds is 0. The van der Waals surface area contributed by atoms with Gasteiger partial charge in [0.2, 0.25) is 0 Å². The maximum absolute atomic E-state index is 7.65. The van der Waals surface area contributed by atoms with Crippen molar-refractivity contribution >= 4 is 0 Å². The molecule has 0 bridgehead atoms. The lowest BCUT2D eigenvalue weighted by molar-refractivity contribution is 1.33. The van der Waals surface area contributed by atoms with E-state index in [0.717, 1.165) is 0 Å². The zero-order valence-corrected chi connectivity index (χ0v) is 6.01. The minimum absolute atomic E-state index is 1.19. The van der Waals surface area contributed by atoms with Gasteiger partial charge in [0.15, 0.2) is 0 Å². The van der Waals surface area contributed by atoms with Gasteiger partial charge < -0.3 is 5.73 Å². The van der Waals surface area contributed by atoms with Gasteiger partial charge >= 0.3 is 0 Å². The van der Waals surface area contributed by atoms with E-state index >= 15 is 0 Å². The van der Waals surface area contributed by atoms with E-state index in [2.05, 4.69) is 4.98 Å². The highest BCUT2D eigenvalue weighted by atomic mass is 14.6. The molecule has 1 rings (SSSR count). The van der Waals surface area contributed by atoms with E-state index in [1.807, 2.05) is 18.2 Å². The monoisotopic (exact) mass is 147 g/mol. The van der Waals surface area contributed by atoms with Crippen LogP contribution in [0.4, 0.5) is 0 Å². The molecular formula is C8H9N3. The minimum atomic E-state index is 1.19. The van der Waals surface area contributed by atoms with Crippen LogP contribution < -0.4 is 5.73 Å². The van der Waals surface area contributed by atoms with Gasteiger partial charge in [-0.3, -0.25) is 4.98 Å². The van der Waals surface area contributed by atoms with Crippen LogP contribution in [-0.4, -0.2) is 4.98 Å². The Labute approximate surface area is 65.8 Å². The third-order valence-electron chi connectivity index (χ3n) is 0.737. The number of allylic oxidation sites excluding steroid dienone is 1. The second-order valence-corrected chi connectivity index (χ2v) is 1.51. The highest BCUT2D eigenvalue weighted by molar-refractivity contribution is 4.98. The fourth-order valence-corrected chi connectivity index (χ4v) is 0.356. The molecule has 0 aliphatic carbocycles. The van der Waals surface area contributed by atoms with E-state index in [9.17, 15) is 0 Å². The predicted octanol–water partition coefficient (Wildman–Crippen LogP) is 1.06. The van der Waals surface area contributed by atoms with Crippen molar-refractivity contribution in [3.8, 4) is 6.07 Å². The molecule has 0 atom stereocenters. The highest BCUT2D eigenvalue weighted by Gasteiger charge is 1.58. The zero-order chi connectivity index (χ0) is 8.36. The lowest BCUT2D eigenvalue weighted by atomic mass is 10.5. The molecule has 0 aromatic carbocycles. The number of nitrogens with zero attached hydrogens (tertiary/aromatic N) is 2. The first-order valence-corrected chi connectivity index (χ1v) is 3.03. The SMILES string of the molecule is N#CC=CN.c1ccncc1. The van der Waals surface area contributed by atoms with Crippen LogP contribution in [-0.2, 0) is 0 Å². The lowest BCUT2D eigenvalue weighted by Crippen LogP contribution is -1.71. The molecule has 0 amide bonds. The Kier molecular flexibility index (Phi) is 6.83. The average Bonchev–Trinajstić information content (AvgIpc) is 2.10. The number of nitrogens with two attached hydrogens (primary N) is 1. The predicted molar refractivity (Wildman–Crippen MR) is 43.2 cm³/mol. The molecule has 0 saturated heterocycles. The maximum atomic E-state index is 7.65. The van der Waals surface area contributed by atoms with Crippen LogP contribution in [0.15, 0.2) is 42.9 Å². The van der Waals surface area contributed by atoms with Gasteiger partial charge in [-0.15, -0.1) is 0 Å². The molecule has 0 aliphatic heterocycles. The van der Waals surface area contributed by atoms with E-state index in [0.29, 0.717) is 0 Å². The van der Waals surface area contributed by atoms with Gasteiger partial charge in [-0.1, -0.05) is 6.07 Å². The lowest BCUT2D eigenvalue weighted by Gasteiger charge is -1.70. The normalized spacial score (nSPS) is 7.91. The molecule has 3 heteroatoms. The summed E-state index contributed by atoms with van der Waals surface area (Å²) in [5.74, 6) is 0. The van der Waals surface area contributed by atoms with Crippen molar-refractivity contribution in [1.82, 2.24) is 4.98 Å². The molecule has 56 valence electrons. The van der Waals surface area contributed by atoms with Crippen molar-refractivity contribution in [2.24, 2.45) is 5.73 Å². The van der Waals surface area contributed by atoms with Crippen LogP contribution in [0.25, 0.3) is 0 Å². The molecule has 3 nitrogen and oxygen atoms in total. The summed E-state index contributed by atoms with van der Waals surface area (Å²) in [6.07, 6.45) is 5.90. The smallest absolute Gasteiger partial charge is 0.0927 e. The van der Waals surface area contributed by atoms with Gasteiger partial charge in [-0.2, -0.15) is 5.26 Å². The van der Waals surface area contributed by atoms with Crippen molar-refractivity contribution in [2.45, 2.75) is 0 Å². The van der Waals surface area contributed by atoms with Crippen LogP contribution in [0.1, 0.15) is 0 Å². The minimum Gasteiger partial charge on any atom is -0.404 e. The molecule has 0 spiro atoms. The Morgan fingerprint density at radius 3 is 2.00 bits per heavy atom. The standard InChI is InChI=1S/C5H5N.C3H4N2/c1-2-4-6-5-3-1;4-2-1-3-5/h1-5H;1-2H,4H2. The van der Waals surface area contributed by atoms with Gasteiger partial charge in [0, 0.05) is 24.7 Å². The van der Waals surface area contributed by atoms with Gasteiger partial charge in [0.1, 0.15) is 0 Å². The van der Waals surface area contributed by atoms with Crippen molar-refractivity contribution in [3.63, 3.8) is 0 Å². The molecule has 2 N–H and O–H groups in total. The van der Waals surface area contributed by atoms with E-state index in [1.54, 1.807) is 18.5 Å². The van der Waals surface area contributed by atoms with Gasteiger partial charge in [0.05, 0.1) is 6.07 Å². The first-order chi connectivity index (χ1) is 5.41. The summed E-state index contributed by atoms with van der Waals surface area (Å²) in [7, 11) is 0. The molecule has 1 heterocycles. The fraction of sp³-hybridized carbons (Fsp3) is 0. The first-order valence-electron chi connectivity index (χ1n) is 3.03. The van der Waals surface area contributed by atoms with Crippen LogP contribution >= 0.6 is 0 Å². The Morgan fingerprint density at radius 2 is 1.91 bits per heavy atom. The number of hydrogen-bond donors (Lipinski definition) is 1. The summed E-state index contributed by atoms with van der Waals surface area (Å²) in [4.78, 5) is 3.78. The Morgan fingerprint density at radius 1 is 1.27 bits per heavy atom. The molecule has 1 aromatic rings. The summed E-state index contributed by atoms with van der Waals surface area (Å²) in [6.45, 7) is 0. The van der Waals surface area contributed by atoms with Gasteiger partial charge in [-0.05, 0) is 12.1 Å². The zero-order valence-electron chi connectivity index (χ0n) is 6.01. The van der Waals surface area contributed by atoms with Crippen molar-refractivity contribution in [2.75, 3.05) is 0 Å². The van der Waals surface area contributed by atoms with E-state index in [1.165, 1.54) is 12.3 Å². The second kappa shape index (κ2) is 8.18. The molecule has 0 fully saturated rings. The molecular weight excluding hydrogens is 138 g/mol. The van der Waals surface area contributed by atoms with Crippen molar-refractivity contribution in [3.05, 3.63) is 42.9 Å². The summed E-state index contributed by atoms with van der Waals surface area (Å²) in [6, 6.07) is 7.43. The third kappa shape index (κ3) is 8.18. The first kappa shape index (κ1) is 9.18. The van der Waals surface area contributed by atoms with E-state index in [4.69, 9.17) is 11.0 Å². The maximum Gasteiger partial charge on any atom is 0.0927 e. The Bertz CT molecular complexity index is 196.